The van der Waals surface area contributed by atoms with Crippen LogP contribution in [0.3, 0.4) is 0 Å². The van der Waals surface area contributed by atoms with E-state index in [9.17, 15) is 50.4 Å². The topological polar surface area (TPSA) is 395 Å². The van der Waals surface area contributed by atoms with Gasteiger partial charge in [0, 0.05) is 19.0 Å². The first-order chi connectivity index (χ1) is 23.1. The second-order valence-electron chi connectivity index (χ2n) is 12.3. The minimum absolute atomic E-state index is 0.0101. The third-order valence-electron chi connectivity index (χ3n) is 8.60. The molecule has 2 aliphatic heterocycles. The Morgan fingerprint density at radius 3 is 1.96 bits per heavy atom. The van der Waals surface area contributed by atoms with E-state index in [4.69, 9.17) is 52.7 Å². The summed E-state index contributed by atoms with van der Waals surface area (Å²) in [5.74, 6) is -1.56. The summed E-state index contributed by atoms with van der Waals surface area (Å²) in [5, 5.41) is 93.0. The second-order valence-corrected chi connectivity index (χ2v) is 12.3. The highest BCUT2D eigenvalue weighted by molar-refractivity contribution is 5.80. The summed E-state index contributed by atoms with van der Waals surface area (Å²) >= 11 is 0. The van der Waals surface area contributed by atoms with Crippen molar-refractivity contribution in [3.63, 3.8) is 0 Å². The van der Waals surface area contributed by atoms with Crippen molar-refractivity contribution in [1.82, 2.24) is 5.32 Å². The van der Waals surface area contributed by atoms with Gasteiger partial charge in [-0.3, -0.25) is 9.59 Å². The number of aliphatic hydroxyl groups excluding tert-OH is 8. The number of hydrogen-bond acceptors (Lipinski definition) is 19. The van der Waals surface area contributed by atoms with Crippen LogP contribution in [0.15, 0.2) is 0 Å². The molecule has 20 N–H and O–H groups in total. The van der Waals surface area contributed by atoms with E-state index in [2.05, 4.69) is 5.32 Å². The number of aliphatic carboxylic acids is 1. The molecular weight excluding hydrogens is 660 g/mol. The third-order valence-corrected chi connectivity index (χ3v) is 8.60. The number of ether oxygens (including phenoxy) is 4. The first kappa shape index (κ1) is 43.4. The molecule has 16 atom stereocenters. The fourth-order valence-electron chi connectivity index (χ4n) is 5.66. The average Bonchev–Trinajstić information content (AvgIpc) is 3.06. The van der Waals surface area contributed by atoms with Gasteiger partial charge in [0.25, 0.3) is 0 Å². The molecule has 288 valence electrons. The predicted octanol–water partition coefficient (Wildman–Crippen LogP) is -7.83. The van der Waals surface area contributed by atoms with Gasteiger partial charge in [0.2, 0.25) is 5.91 Å². The maximum Gasteiger partial charge on any atom is 0.303 e. The SMILES string of the molecule is NCCCCCC(=O)O.NCC[C@H](O)C(=O)N[C@@H]1C[C@H](N)[C@@H](O[C@H]2O[C@H](CN)[C@@H](O)[C@H](O)[C@H]2O)[C@H](O)[C@H]1O[C@H]1O[C@H](CO)[C@@H](O)[C@H](N)[C@H]1O. The highest BCUT2D eigenvalue weighted by Gasteiger charge is 2.52. The smallest absolute Gasteiger partial charge is 0.303 e. The number of carbonyl (C=O) groups excluding carboxylic acids is 1. The van der Waals surface area contributed by atoms with Gasteiger partial charge in [-0.2, -0.15) is 0 Å². The van der Waals surface area contributed by atoms with Gasteiger partial charge in [-0.1, -0.05) is 6.42 Å². The lowest BCUT2D eigenvalue weighted by atomic mass is 9.83. The van der Waals surface area contributed by atoms with Gasteiger partial charge in [-0.05, 0) is 38.8 Å². The van der Waals surface area contributed by atoms with Crippen molar-refractivity contribution in [3.8, 4) is 0 Å². The summed E-state index contributed by atoms with van der Waals surface area (Å²) in [6.45, 7) is -0.232. The van der Waals surface area contributed by atoms with Crippen LogP contribution in [0.1, 0.15) is 38.5 Å². The van der Waals surface area contributed by atoms with Crippen LogP contribution in [0.25, 0.3) is 0 Å². The van der Waals surface area contributed by atoms with Crippen LogP contribution in [-0.4, -0.2) is 182 Å². The first-order valence-corrected chi connectivity index (χ1v) is 16.3. The normalized spacial score (nSPS) is 40.1. The van der Waals surface area contributed by atoms with Gasteiger partial charge in [0.1, 0.15) is 67.1 Å². The number of aliphatic hydroxyl groups is 8. The van der Waals surface area contributed by atoms with Crippen LogP contribution < -0.4 is 34.0 Å². The second kappa shape index (κ2) is 20.9. The van der Waals surface area contributed by atoms with Crippen molar-refractivity contribution in [2.45, 2.75) is 136 Å². The quantitative estimate of drug-likeness (QED) is 0.0699. The molecule has 21 heteroatoms. The summed E-state index contributed by atoms with van der Waals surface area (Å²) in [5.41, 5.74) is 28.3. The molecule has 0 unspecified atom stereocenters. The van der Waals surface area contributed by atoms with Crippen LogP contribution in [0.5, 0.6) is 0 Å². The Hall–Kier alpha value is -1.74. The highest BCUT2D eigenvalue weighted by Crippen LogP contribution is 2.32. The van der Waals surface area contributed by atoms with E-state index in [-0.39, 0.29) is 32.4 Å². The molecule has 1 aliphatic carbocycles. The van der Waals surface area contributed by atoms with Gasteiger partial charge >= 0.3 is 5.97 Å². The Kier molecular flexibility index (Phi) is 18.6. The molecule has 2 saturated heterocycles. The number of amides is 1. The minimum Gasteiger partial charge on any atom is -0.481 e. The Bertz CT molecular complexity index is 989. The summed E-state index contributed by atoms with van der Waals surface area (Å²) in [7, 11) is 0. The predicted molar refractivity (Wildman–Crippen MR) is 167 cm³/mol. The fraction of sp³-hybridized carbons (Fsp3) is 0.929. The monoisotopic (exact) mass is 716 g/mol. The van der Waals surface area contributed by atoms with Crippen LogP contribution >= 0.6 is 0 Å². The maximum absolute atomic E-state index is 12.6. The molecule has 1 amide bonds. The van der Waals surface area contributed by atoms with Gasteiger partial charge in [-0.25, -0.2) is 0 Å². The zero-order chi connectivity index (χ0) is 37.0. The van der Waals surface area contributed by atoms with Crippen molar-refractivity contribution in [1.29, 1.82) is 0 Å². The van der Waals surface area contributed by atoms with E-state index >= 15 is 0 Å². The molecule has 0 aromatic heterocycles. The van der Waals surface area contributed by atoms with Crippen molar-refractivity contribution in [2.24, 2.45) is 28.7 Å². The maximum atomic E-state index is 12.6. The molecule has 3 aliphatic rings. The number of rotatable bonds is 15. The molecule has 0 radical (unpaired) electrons. The third kappa shape index (κ3) is 11.9. The number of carboxylic acids is 1. The first-order valence-electron chi connectivity index (χ1n) is 16.3. The van der Waals surface area contributed by atoms with Crippen molar-refractivity contribution in [3.05, 3.63) is 0 Å². The molecule has 21 nitrogen and oxygen atoms in total. The lowest BCUT2D eigenvalue weighted by Crippen LogP contribution is -2.69. The van der Waals surface area contributed by atoms with E-state index in [1.807, 2.05) is 0 Å². The van der Waals surface area contributed by atoms with Gasteiger partial charge in [0.05, 0.1) is 18.7 Å². The van der Waals surface area contributed by atoms with E-state index in [1.54, 1.807) is 0 Å². The Labute approximate surface area is 283 Å². The molecule has 0 aromatic rings. The molecule has 3 fully saturated rings. The number of unbranched alkanes of at least 4 members (excludes halogenated alkanes) is 2. The Balaban J connectivity index is 0.000000811. The fourth-order valence-corrected chi connectivity index (χ4v) is 5.66. The zero-order valence-corrected chi connectivity index (χ0v) is 27.2. The standard InChI is InChI=1S/C22H43N5O13.C6H13NO2/c23-2-1-8(29)20(36)27-7-3-6(25)18(39-22-16(34)15(33)13(31)9(4-24)37-22)17(35)19(7)40-21-14(32)11(26)12(30)10(5-28)38-21;7-5-3-1-2-4-6(8)9/h6-19,21-22,28-35H,1-5,23-26H2,(H,27,36);1-5,7H2,(H,8,9)/t6-,7+,8-,9+,10+,11-,12+,13+,14+,15-,16+,17-,18+,19-,21+,22+;/m0./s1. The molecule has 0 spiro atoms. The van der Waals surface area contributed by atoms with E-state index < -0.39 is 116 Å². The number of carboxylic acid groups (broad SMARTS) is 1. The van der Waals surface area contributed by atoms with Crippen molar-refractivity contribution >= 4 is 11.9 Å². The lowest BCUT2D eigenvalue weighted by Gasteiger charge is -2.49. The van der Waals surface area contributed by atoms with Gasteiger partial charge in [0.15, 0.2) is 12.6 Å². The van der Waals surface area contributed by atoms with Gasteiger partial charge < -0.3 is 98.9 Å². The van der Waals surface area contributed by atoms with Gasteiger partial charge in [-0.15, -0.1) is 0 Å². The van der Waals surface area contributed by atoms with E-state index in [0.717, 1.165) is 19.3 Å². The molecule has 0 bridgehead atoms. The largest absolute Gasteiger partial charge is 0.481 e. The molecule has 3 rings (SSSR count). The molecular formula is C28H56N6O15. The zero-order valence-electron chi connectivity index (χ0n) is 27.2. The molecule has 2 heterocycles. The molecule has 0 aromatic carbocycles. The number of hydrogen-bond donors (Lipinski definition) is 15. The van der Waals surface area contributed by atoms with E-state index in [0.29, 0.717) is 6.54 Å². The molecule has 49 heavy (non-hydrogen) atoms. The van der Waals surface area contributed by atoms with E-state index in [1.165, 1.54) is 0 Å². The summed E-state index contributed by atoms with van der Waals surface area (Å²) in [4.78, 5) is 22.5. The summed E-state index contributed by atoms with van der Waals surface area (Å²) in [6, 6.07) is -3.45. The number of carbonyl (C=O) groups is 2. The van der Waals surface area contributed by atoms with Crippen LogP contribution in [0.2, 0.25) is 0 Å². The number of nitrogens with one attached hydrogen (secondary N) is 1. The lowest BCUT2D eigenvalue weighted by molar-refractivity contribution is -0.332. The highest BCUT2D eigenvalue weighted by atomic mass is 16.7. The van der Waals surface area contributed by atoms with Crippen LogP contribution in [-0.2, 0) is 28.5 Å². The van der Waals surface area contributed by atoms with Crippen molar-refractivity contribution < 1.29 is 74.5 Å². The molecule has 1 saturated carbocycles. The Morgan fingerprint density at radius 2 is 1.39 bits per heavy atom. The summed E-state index contributed by atoms with van der Waals surface area (Å²) < 4.78 is 22.5. The van der Waals surface area contributed by atoms with Crippen LogP contribution in [0, 0.1) is 0 Å². The average molecular weight is 717 g/mol. The number of nitrogens with two attached hydrogens (primary N) is 5. The minimum atomic E-state index is -1.76. The summed E-state index contributed by atoms with van der Waals surface area (Å²) in [6.07, 6.45) is -16.9. The van der Waals surface area contributed by atoms with Crippen LogP contribution in [0.4, 0.5) is 0 Å². The Morgan fingerprint density at radius 1 is 0.776 bits per heavy atom. The van der Waals surface area contributed by atoms with Crippen molar-refractivity contribution in [2.75, 3.05) is 26.2 Å².